The molecule has 1 aliphatic rings. The molecule has 6 heteroatoms. The molecule has 1 aromatic carbocycles. The van der Waals surface area contributed by atoms with Gasteiger partial charge in [0.05, 0.1) is 16.1 Å². The van der Waals surface area contributed by atoms with Crippen molar-refractivity contribution in [3.63, 3.8) is 0 Å². The fourth-order valence-electron chi connectivity index (χ4n) is 2.18. The van der Waals surface area contributed by atoms with Gasteiger partial charge in [-0.2, -0.15) is 0 Å². The molecule has 104 valence electrons. The molecule has 5 nitrogen and oxygen atoms in total. The van der Waals surface area contributed by atoms with Crippen LogP contribution in [0.1, 0.15) is 24.2 Å². The van der Waals surface area contributed by atoms with E-state index in [0.29, 0.717) is 11.3 Å². The maximum absolute atomic E-state index is 12.4. The lowest BCUT2D eigenvalue weighted by Crippen LogP contribution is -2.54. The summed E-state index contributed by atoms with van der Waals surface area (Å²) in [6, 6.07) is 6.83. The number of para-hydroxylation sites is 1. The number of nitrogens with zero attached hydrogens (tertiary/aromatic N) is 1. The third-order valence-corrected chi connectivity index (χ3v) is 6.05. The molecule has 1 saturated heterocycles. The summed E-state index contributed by atoms with van der Waals surface area (Å²) in [5.74, 6) is -0.209. The van der Waals surface area contributed by atoms with Gasteiger partial charge in [-0.05, 0) is 26.0 Å². The topological polar surface area (TPSA) is 80.5 Å². The predicted octanol–water partition coefficient (Wildman–Crippen LogP) is 0.918. The maximum atomic E-state index is 12.4. The standard InChI is InChI=1S/C13H18N2O3S/c1-13(2)9-15(7-8-19(13,17)18)12(16)10-5-3-4-6-11(10)14/h3-6H,7-9,14H2,1-2H3. The number of anilines is 1. The first-order valence-corrected chi connectivity index (χ1v) is 7.76. The van der Waals surface area contributed by atoms with E-state index in [-0.39, 0.29) is 24.7 Å². The molecule has 1 aliphatic heterocycles. The number of carbonyl (C=O) groups excluding carboxylic acids is 1. The van der Waals surface area contributed by atoms with Gasteiger partial charge in [0.15, 0.2) is 9.84 Å². The van der Waals surface area contributed by atoms with Gasteiger partial charge in [-0.25, -0.2) is 8.42 Å². The Morgan fingerprint density at radius 3 is 2.53 bits per heavy atom. The molecule has 2 rings (SSSR count). The van der Waals surface area contributed by atoms with Crippen LogP contribution in [0.5, 0.6) is 0 Å². The van der Waals surface area contributed by atoms with Gasteiger partial charge in [0.1, 0.15) is 0 Å². The van der Waals surface area contributed by atoms with Crippen molar-refractivity contribution < 1.29 is 13.2 Å². The molecule has 1 amide bonds. The quantitative estimate of drug-likeness (QED) is 0.777. The number of sulfone groups is 1. The highest BCUT2D eigenvalue weighted by molar-refractivity contribution is 7.92. The molecule has 0 spiro atoms. The molecule has 0 unspecified atom stereocenters. The van der Waals surface area contributed by atoms with Crippen molar-refractivity contribution in [2.75, 3.05) is 24.6 Å². The van der Waals surface area contributed by atoms with E-state index in [4.69, 9.17) is 5.73 Å². The van der Waals surface area contributed by atoms with Crippen molar-refractivity contribution in [1.29, 1.82) is 0 Å². The minimum atomic E-state index is -3.14. The molecule has 0 radical (unpaired) electrons. The van der Waals surface area contributed by atoms with Crippen LogP contribution in [-0.4, -0.2) is 42.8 Å². The van der Waals surface area contributed by atoms with Gasteiger partial charge in [0, 0.05) is 18.8 Å². The highest BCUT2D eigenvalue weighted by Crippen LogP contribution is 2.25. The summed E-state index contributed by atoms with van der Waals surface area (Å²) in [5, 5.41) is 0. The minimum Gasteiger partial charge on any atom is -0.398 e. The van der Waals surface area contributed by atoms with Gasteiger partial charge in [-0.15, -0.1) is 0 Å². The number of hydrogen-bond acceptors (Lipinski definition) is 4. The summed E-state index contributed by atoms with van der Waals surface area (Å²) in [6.45, 7) is 3.72. The Bertz CT molecular complexity index is 608. The molecule has 0 aromatic heterocycles. The van der Waals surface area contributed by atoms with Gasteiger partial charge in [-0.3, -0.25) is 4.79 Å². The minimum absolute atomic E-state index is 0.00151. The van der Waals surface area contributed by atoms with Crippen molar-refractivity contribution in [1.82, 2.24) is 4.90 Å². The number of nitrogens with two attached hydrogens (primary N) is 1. The number of amides is 1. The van der Waals surface area contributed by atoms with Crippen molar-refractivity contribution in [2.45, 2.75) is 18.6 Å². The van der Waals surface area contributed by atoms with E-state index < -0.39 is 14.6 Å². The Hall–Kier alpha value is -1.56. The summed E-state index contributed by atoms with van der Waals surface area (Å²) in [4.78, 5) is 13.9. The van der Waals surface area contributed by atoms with Gasteiger partial charge in [-0.1, -0.05) is 12.1 Å². The summed E-state index contributed by atoms with van der Waals surface area (Å²) >= 11 is 0. The highest BCUT2D eigenvalue weighted by Gasteiger charge is 2.41. The third kappa shape index (κ3) is 2.45. The molecule has 19 heavy (non-hydrogen) atoms. The Balaban J connectivity index is 2.26. The zero-order valence-electron chi connectivity index (χ0n) is 11.1. The first-order valence-electron chi connectivity index (χ1n) is 6.11. The smallest absolute Gasteiger partial charge is 0.256 e. The van der Waals surface area contributed by atoms with Crippen LogP contribution in [-0.2, 0) is 9.84 Å². The zero-order valence-corrected chi connectivity index (χ0v) is 11.9. The molecule has 0 saturated carbocycles. The van der Waals surface area contributed by atoms with E-state index in [1.54, 1.807) is 43.0 Å². The number of hydrogen-bond donors (Lipinski definition) is 1. The lowest BCUT2D eigenvalue weighted by atomic mass is 10.1. The van der Waals surface area contributed by atoms with Crippen molar-refractivity contribution in [2.24, 2.45) is 0 Å². The molecule has 1 heterocycles. The fourth-order valence-corrected chi connectivity index (χ4v) is 3.55. The second kappa shape index (κ2) is 4.52. The van der Waals surface area contributed by atoms with E-state index in [2.05, 4.69) is 0 Å². The Kier molecular flexibility index (Phi) is 3.30. The predicted molar refractivity (Wildman–Crippen MR) is 74.6 cm³/mol. The highest BCUT2D eigenvalue weighted by atomic mass is 32.2. The Morgan fingerprint density at radius 2 is 1.95 bits per heavy atom. The van der Waals surface area contributed by atoms with E-state index >= 15 is 0 Å². The molecule has 0 aliphatic carbocycles. The van der Waals surface area contributed by atoms with Crippen LogP contribution < -0.4 is 5.73 Å². The van der Waals surface area contributed by atoms with Crippen LogP contribution in [0.25, 0.3) is 0 Å². The number of nitrogen functional groups attached to an aromatic ring is 1. The summed E-state index contributed by atoms with van der Waals surface area (Å²) in [7, 11) is -3.14. The SMILES string of the molecule is CC1(C)CN(C(=O)c2ccccc2N)CCS1(=O)=O. The summed E-state index contributed by atoms with van der Waals surface area (Å²) in [5.41, 5.74) is 6.63. The number of carbonyl (C=O) groups is 1. The molecular weight excluding hydrogens is 264 g/mol. The van der Waals surface area contributed by atoms with Gasteiger partial charge in [0.25, 0.3) is 5.91 Å². The average molecular weight is 282 g/mol. The van der Waals surface area contributed by atoms with Crippen molar-refractivity contribution in [3.8, 4) is 0 Å². The van der Waals surface area contributed by atoms with Crippen molar-refractivity contribution >= 4 is 21.4 Å². The van der Waals surface area contributed by atoms with Gasteiger partial charge >= 0.3 is 0 Å². The Morgan fingerprint density at radius 1 is 1.32 bits per heavy atom. The molecule has 1 aromatic rings. The van der Waals surface area contributed by atoms with Crippen LogP contribution in [0.4, 0.5) is 5.69 Å². The van der Waals surface area contributed by atoms with E-state index in [0.717, 1.165) is 0 Å². The molecule has 1 fully saturated rings. The second-order valence-corrected chi connectivity index (χ2v) is 8.14. The largest absolute Gasteiger partial charge is 0.398 e. The van der Waals surface area contributed by atoms with Gasteiger partial charge in [0.2, 0.25) is 0 Å². The first-order chi connectivity index (χ1) is 8.74. The molecular formula is C13H18N2O3S. The number of rotatable bonds is 1. The maximum Gasteiger partial charge on any atom is 0.256 e. The normalized spacial score (nSPS) is 21.1. The summed E-state index contributed by atoms with van der Waals surface area (Å²) < 4.78 is 22.9. The average Bonchev–Trinajstić information content (AvgIpc) is 2.32. The van der Waals surface area contributed by atoms with E-state index in [9.17, 15) is 13.2 Å². The number of benzene rings is 1. The molecule has 0 bridgehead atoms. The van der Waals surface area contributed by atoms with Crippen LogP contribution in [0.2, 0.25) is 0 Å². The van der Waals surface area contributed by atoms with Crippen LogP contribution in [0.3, 0.4) is 0 Å². The summed E-state index contributed by atoms with van der Waals surface area (Å²) in [6.07, 6.45) is 0. The Labute approximate surface area is 113 Å². The fraction of sp³-hybridized carbons (Fsp3) is 0.462. The van der Waals surface area contributed by atoms with Crippen LogP contribution >= 0.6 is 0 Å². The molecule has 0 atom stereocenters. The monoisotopic (exact) mass is 282 g/mol. The van der Waals surface area contributed by atoms with Crippen LogP contribution in [0, 0.1) is 0 Å². The first kappa shape index (κ1) is 13.9. The third-order valence-electron chi connectivity index (χ3n) is 3.52. The lowest BCUT2D eigenvalue weighted by molar-refractivity contribution is 0.0744. The van der Waals surface area contributed by atoms with E-state index in [1.165, 1.54) is 0 Å². The lowest BCUT2D eigenvalue weighted by Gasteiger charge is -2.37. The van der Waals surface area contributed by atoms with Gasteiger partial charge < -0.3 is 10.6 Å². The van der Waals surface area contributed by atoms with Crippen molar-refractivity contribution in [3.05, 3.63) is 29.8 Å². The second-order valence-electron chi connectivity index (χ2n) is 5.39. The van der Waals surface area contributed by atoms with Crippen LogP contribution in [0.15, 0.2) is 24.3 Å². The zero-order chi connectivity index (χ0) is 14.3. The molecule has 2 N–H and O–H groups in total. The van der Waals surface area contributed by atoms with E-state index in [1.807, 2.05) is 0 Å².